The zero-order valence-electron chi connectivity index (χ0n) is 17.2. The molecular formula is C24H25N3O4. The second kappa shape index (κ2) is 10.1. The molecule has 3 aromatic rings. The van der Waals surface area contributed by atoms with Crippen molar-refractivity contribution < 1.29 is 18.7 Å². The highest BCUT2D eigenvalue weighted by Crippen LogP contribution is 2.15. The van der Waals surface area contributed by atoms with Crippen molar-refractivity contribution in [1.29, 1.82) is 0 Å². The van der Waals surface area contributed by atoms with Crippen LogP contribution in [0.3, 0.4) is 0 Å². The number of nitrogens with one attached hydrogen (secondary N) is 2. The van der Waals surface area contributed by atoms with Crippen LogP contribution in [0.5, 0.6) is 0 Å². The van der Waals surface area contributed by atoms with E-state index in [9.17, 15) is 9.59 Å². The van der Waals surface area contributed by atoms with Gasteiger partial charge in [0.25, 0.3) is 11.8 Å². The van der Waals surface area contributed by atoms with Gasteiger partial charge in [0.2, 0.25) is 0 Å². The predicted octanol–water partition coefficient (Wildman–Crippen LogP) is 3.29. The van der Waals surface area contributed by atoms with E-state index in [0.717, 1.165) is 38.4 Å². The van der Waals surface area contributed by atoms with Gasteiger partial charge < -0.3 is 19.8 Å². The van der Waals surface area contributed by atoms with Crippen LogP contribution in [0.2, 0.25) is 0 Å². The molecule has 0 aliphatic carbocycles. The van der Waals surface area contributed by atoms with Crippen LogP contribution in [0.25, 0.3) is 0 Å². The Labute approximate surface area is 181 Å². The number of rotatable bonds is 7. The Bertz CT molecular complexity index is 1010. The first-order chi connectivity index (χ1) is 15.2. The molecule has 0 spiro atoms. The minimum atomic E-state index is -0.334. The summed E-state index contributed by atoms with van der Waals surface area (Å²) in [5.74, 6) is -0.262. The minimum Gasteiger partial charge on any atom is -0.459 e. The quantitative estimate of drug-likeness (QED) is 0.614. The van der Waals surface area contributed by atoms with Crippen LogP contribution in [-0.2, 0) is 17.8 Å². The number of benzene rings is 2. The molecule has 160 valence electrons. The third-order valence-electron chi connectivity index (χ3n) is 5.21. The van der Waals surface area contributed by atoms with Crippen molar-refractivity contribution in [3.63, 3.8) is 0 Å². The van der Waals surface area contributed by atoms with Crippen LogP contribution < -0.4 is 10.6 Å². The summed E-state index contributed by atoms with van der Waals surface area (Å²) in [7, 11) is 0. The van der Waals surface area contributed by atoms with Crippen molar-refractivity contribution in [1.82, 2.24) is 10.2 Å². The Kier molecular flexibility index (Phi) is 6.76. The lowest BCUT2D eigenvalue weighted by Gasteiger charge is -2.27. The van der Waals surface area contributed by atoms with Crippen molar-refractivity contribution in [3.8, 4) is 0 Å². The summed E-state index contributed by atoms with van der Waals surface area (Å²) in [6, 6.07) is 18.2. The summed E-state index contributed by atoms with van der Waals surface area (Å²) < 4.78 is 10.5. The van der Waals surface area contributed by atoms with Crippen molar-refractivity contribution in [3.05, 3.63) is 89.4 Å². The number of morpholine rings is 1. The number of hydrogen-bond acceptors (Lipinski definition) is 5. The molecule has 0 saturated carbocycles. The van der Waals surface area contributed by atoms with E-state index < -0.39 is 0 Å². The molecule has 1 saturated heterocycles. The second-order valence-electron chi connectivity index (χ2n) is 7.35. The van der Waals surface area contributed by atoms with Crippen molar-refractivity contribution in [2.75, 3.05) is 31.6 Å². The smallest absolute Gasteiger partial charge is 0.291 e. The molecule has 2 N–H and O–H groups in total. The van der Waals surface area contributed by atoms with Gasteiger partial charge in [-0.3, -0.25) is 14.5 Å². The fourth-order valence-electron chi connectivity index (χ4n) is 3.47. The number of anilines is 1. The number of nitrogens with zero attached hydrogens (tertiary/aromatic N) is 1. The maximum Gasteiger partial charge on any atom is 0.291 e. The summed E-state index contributed by atoms with van der Waals surface area (Å²) in [4.78, 5) is 27.0. The van der Waals surface area contributed by atoms with Gasteiger partial charge in [-0.2, -0.15) is 0 Å². The molecule has 2 amide bonds. The highest BCUT2D eigenvalue weighted by atomic mass is 16.5. The molecule has 0 bridgehead atoms. The highest BCUT2D eigenvalue weighted by molar-refractivity contribution is 6.02. The van der Waals surface area contributed by atoms with Crippen LogP contribution in [0.1, 0.15) is 32.0 Å². The van der Waals surface area contributed by atoms with Gasteiger partial charge in [-0.25, -0.2) is 0 Å². The van der Waals surface area contributed by atoms with Gasteiger partial charge in [0.1, 0.15) is 0 Å². The number of amides is 2. The normalized spacial score (nSPS) is 14.2. The summed E-state index contributed by atoms with van der Waals surface area (Å²) in [6.45, 7) is 4.66. The lowest BCUT2D eigenvalue weighted by Crippen LogP contribution is -2.36. The second-order valence-corrected chi connectivity index (χ2v) is 7.35. The number of ether oxygens (including phenoxy) is 1. The van der Waals surface area contributed by atoms with E-state index in [1.165, 1.54) is 11.8 Å². The average molecular weight is 419 g/mol. The van der Waals surface area contributed by atoms with Crippen LogP contribution in [0.15, 0.2) is 71.3 Å². The molecule has 4 rings (SSSR count). The number of carbonyl (C=O) groups excluding carboxylic acids is 2. The molecule has 1 fully saturated rings. The van der Waals surface area contributed by atoms with Crippen molar-refractivity contribution in [2.45, 2.75) is 13.1 Å². The molecule has 0 radical (unpaired) electrons. The summed E-state index contributed by atoms with van der Waals surface area (Å²) >= 11 is 0. The van der Waals surface area contributed by atoms with E-state index in [4.69, 9.17) is 9.15 Å². The van der Waals surface area contributed by atoms with Crippen LogP contribution in [0.4, 0.5) is 5.69 Å². The van der Waals surface area contributed by atoms with E-state index in [1.54, 1.807) is 36.4 Å². The monoisotopic (exact) mass is 419 g/mol. The number of hydrogen-bond donors (Lipinski definition) is 2. The van der Waals surface area contributed by atoms with Gasteiger partial charge in [-0.05, 0) is 47.5 Å². The molecule has 1 aliphatic heterocycles. The van der Waals surface area contributed by atoms with E-state index in [2.05, 4.69) is 21.6 Å². The SMILES string of the molecule is O=C(NCc1ccccc1CN1CCOCC1)c1ccc(NC(=O)c2ccco2)cc1. The Balaban J connectivity index is 1.33. The van der Waals surface area contributed by atoms with Crippen LogP contribution in [-0.4, -0.2) is 43.0 Å². The fraction of sp³-hybridized carbons (Fsp3) is 0.250. The molecule has 2 heterocycles. The maximum atomic E-state index is 12.6. The third-order valence-corrected chi connectivity index (χ3v) is 5.21. The molecule has 7 nitrogen and oxygen atoms in total. The van der Waals surface area contributed by atoms with Gasteiger partial charge in [0, 0.05) is 37.4 Å². The highest BCUT2D eigenvalue weighted by Gasteiger charge is 2.14. The summed E-state index contributed by atoms with van der Waals surface area (Å²) in [5.41, 5.74) is 3.43. The number of carbonyl (C=O) groups is 2. The lowest BCUT2D eigenvalue weighted by atomic mass is 10.1. The Morgan fingerprint density at radius 3 is 2.32 bits per heavy atom. The van der Waals surface area contributed by atoms with Gasteiger partial charge in [-0.1, -0.05) is 24.3 Å². The van der Waals surface area contributed by atoms with E-state index in [-0.39, 0.29) is 17.6 Å². The predicted molar refractivity (Wildman–Crippen MR) is 117 cm³/mol. The van der Waals surface area contributed by atoms with Crippen molar-refractivity contribution >= 4 is 17.5 Å². The molecule has 7 heteroatoms. The fourth-order valence-corrected chi connectivity index (χ4v) is 3.47. The van der Waals surface area contributed by atoms with E-state index >= 15 is 0 Å². The zero-order chi connectivity index (χ0) is 21.5. The third kappa shape index (κ3) is 5.59. The van der Waals surface area contributed by atoms with Gasteiger partial charge in [-0.15, -0.1) is 0 Å². The first kappa shape index (κ1) is 20.8. The molecule has 1 aromatic heterocycles. The first-order valence-electron chi connectivity index (χ1n) is 10.3. The van der Waals surface area contributed by atoms with E-state index in [0.29, 0.717) is 17.8 Å². The zero-order valence-corrected chi connectivity index (χ0v) is 17.2. The Morgan fingerprint density at radius 1 is 0.871 bits per heavy atom. The minimum absolute atomic E-state index is 0.162. The molecule has 31 heavy (non-hydrogen) atoms. The van der Waals surface area contributed by atoms with Crippen LogP contribution in [0, 0.1) is 0 Å². The summed E-state index contributed by atoms with van der Waals surface area (Å²) in [6.07, 6.45) is 1.45. The largest absolute Gasteiger partial charge is 0.459 e. The van der Waals surface area contributed by atoms with E-state index in [1.807, 2.05) is 18.2 Å². The molecule has 1 aliphatic rings. The first-order valence-corrected chi connectivity index (χ1v) is 10.3. The molecule has 0 unspecified atom stereocenters. The lowest BCUT2D eigenvalue weighted by molar-refractivity contribution is 0.0340. The van der Waals surface area contributed by atoms with Gasteiger partial charge in [0.05, 0.1) is 19.5 Å². The Morgan fingerprint density at radius 2 is 1.61 bits per heavy atom. The molecule has 2 aromatic carbocycles. The molecule has 0 atom stereocenters. The average Bonchev–Trinajstić information content (AvgIpc) is 3.35. The number of furan rings is 1. The van der Waals surface area contributed by atoms with Crippen molar-refractivity contribution in [2.24, 2.45) is 0 Å². The molecular weight excluding hydrogens is 394 g/mol. The van der Waals surface area contributed by atoms with Gasteiger partial charge >= 0.3 is 0 Å². The van der Waals surface area contributed by atoms with Gasteiger partial charge in [0.15, 0.2) is 5.76 Å². The maximum absolute atomic E-state index is 12.6. The topological polar surface area (TPSA) is 83.8 Å². The standard InChI is InChI=1S/C24H25N3O4/c28-23(18-7-9-21(10-8-18)26-24(29)22-6-3-13-31-22)25-16-19-4-1-2-5-20(19)17-27-11-14-30-15-12-27/h1-10,13H,11-12,14-17H2,(H,25,28)(H,26,29). The Hall–Kier alpha value is -3.42. The van der Waals surface area contributed by atoms with Crippen LogP contribution >= 0.6 is 0 Å². The summed E-state index contributed by atoms with van der Waals surface area (Å²) in [5, 5.41) is 5.73.